The minimum absolute atomic E-state index is 0.0268. The summed E-state index contributed by atoms with van der Waals surface area (Å²) in [6, 6.07) is -0.160. The molecule has 5 N–H and O–H groups in total. The van der Waals surface area contributed by atoms with Gasteiger partial charge >= 0.3 is 0 Å². The predicted octanol–water partition coefficient (Wildman–Crippen LogP) is -1.31. The van der Waals surface area contributed by atoms with Gasteiger partial charge < -0.3 is 10.8 Å². The standard InChI is InChI=1S/C6H11N3O/c7-5(3-10)1-6-2-8-4-9-6/h2,4-5,10H,1,3,7H2,(H,8,9)/p+1/t5-/m0/s1. The van der Waals surface area contributed by atoms with Gasteiger partial charge in [-0.2, -0.15) is 0 Å². The summed E-state index contributed by atoms with van der Waals surface area (Å²) in [5.74, 6) is 0. The maximum atomic E-state index is 8.58. The second kappa shape index (κ2) is 3.34. The number of nitrogens with two attached hydrogens (primary N) is 1. The van der Waals surface area contributed by atoms with Gasteiger partial charge in [-0.05, 0) is 0 Å². The van der Waals surface area contributed by atoms with Crippen LogP contribution < -0.4 is 10.7 Å². The monoisotopic (exact) mass is 142 g/mol. The Morgan fingerprint density at radius 3 is 3.10 bits per heavy atom. The Bertz CT molecular complexity index is 173. The number of imidazole rings is 1. The third-order valence-electron chi connectivity index (χ3n) is 1.32. The van der Waals surface area contributed by atoms with E-state index in [9.17, 15) is 0 Å². The molecule has 0 bridgehead atoms. The molecule has 0 fully saturated rings. The van der Waals surface area contributed by atoms with E-state index >= 15 is 0 Å². The first-order valence-corrected chi connectivity index (χ1v) is 3.22. The average molecular weight is 142 g/mol. The molecule has 1 aromatic heterocycles. The molecule has 0 amide bonds. The molecular weight excluding hydrogens is 130 g/mol. The number of aromatic nitrogens is 2. The van der Waals surface area contributed by atoms with Crippen LogP contribution in [0.5, 0.6) is 0 Å². The highest BCUT2D eigenvalue weighted by molar-refractivity contribution is 4.92. The molecule has 0 aliphatic rings. The molecule has 0 unspecified atom stereocenters. The van der Waals surface area contributed by atoms with Gasteiger partial charge in [0.05, 0.1) is 6.61 Å². The van der Waals surface area contributed by atoms with E-state index in [0.29, 0.717) is 6.42 Å². The molecule has 0 aromatic carbocycles. The molecule has 0 aliphatic heterocycles. The van der Waals surface area contributed by atoms with Crippen molar-refractivity contribution in [3.63, 3.8) is 0 Å². The second-order valence-corrected chi connectivity index (χ2v) is 2.27. The third kappa shape index (κ3) is 1.82. The van der Waals surface area contributed by atoms with Crippen molar-refractivity contribution in [2.45, 2.75) is 12.5 Å². The minimum atomic E-state index is -0.160. The fourth-order valence-electron chi connectivity index (χ4n) is 0.783. The van der Waals surface area contributed by atoms with E-state index in [1.165, 1.54) is 0 Å². The van der Waals surface area contributed by atoms with E-state index in [0.717, 1.165) is 5.69 Å². The zero-order valence-electron chi connectivity index (χ0n) is 5.67. The Morgan fingerprint density at radius 1 is 1.80 bits per heavy atom. The Balaban J connectivity index is 2.40. The molecular formula is C6H12N3O+. The maximum Gasteiger partial charge on any atom is 0.239 e. The van der Waals surface area contributed by atoms with Crippen LogP contribution in [0.3, 0.4) is 0 Å². The van der Waals surface area contributed by atoms with Gasteiger partial charge in [0.25, 0.3) is 0 Å². The van der Waals surface area contributed by atoms with Crippen molar-refractivity contribution in [1.29, 1.82) is 0 Å². The Kier molecular flexibility index (Phi) is 2.42. The number of hydrogen-bond donors (Lipinski definition) is 3. The molecule has 0 spiro atoms. The van der Waals surface area contributed by atoms with E-state index in [4.69, 9.17) is 10.8 Å². The lowest BCUT2D eigenvalue weighted by Gasteiger charge is -2.01. The van der Waals surface area contributed by atoms with Gasteiger partial charge in [0.15, 0.2) is 0 Å². The topological polar surface area (TPSA) is 76.2 Å². The van der Waals surface area contributed by atoms with Gasteiger partial charge in [0.2, 0.25) is 6.33 Å². The van der Waals surface area contributed by atoms with Crippen LogP contribution in [0.25, 0.3) is 0 Å². The molecule has 4 heteroatoms. The molecule has 0 saturated heterocycles. The zero-order chi connectivity index (χ0) is 7.40. The fourth-order valence-corrected chi connectivity index (χ4v) is 0.783. The SMILES string of the molecule is N[C@H](CO)Cc1c[nH+]c[nH]1. The number of H-pyrrole nitrogens is 2. The number of aliphatic hydroxyl groups excluding tert-OH is 1. The zero-order valence-corrected chi connectivity index (χ0v) is 5.67. The predicted molar refractivity (Wildman–Crippen MR) is 36.1 cm³/mol. The first-order chi connectivity index (χ1) is 4.83. The quantitative estimate of drug-likeness (QED) is 0.490. The molecule has 0 saturated carbocycles. The van der Waals surface area contributed by atoms with Gasteiger partial charge in [-0.15, -0.1) is 0 Å². The fraction of sp³-hybridized carbons (Fsp3) is 0.500. The van der Waals surface area contributed by atoms with E-state index in [2.05, 4.69) is 9.97 Å². The molecule has 1 aromatic rings. The molecule has 0 radical (unpaired) electrons. The van der Waals surface area contributed by atoms with Gasteiger partial charge in [-0.25, -0.2) is 4.98 Å². The van der Waals surface area contributed by atoms with Crippen LogP contribution in [0.4, 0.5) is 0 Å². The van der Waals surface area contributed by atoms with Crippen molar-refractivity contribution in [3.05, 3.63) is 18.2 Å². The second-order valence-electron chi connectivity index (χ2n) is 2.27. The molecule has 1 rings (SSSR count). The Morgan fingerprint density at radius 2 is 2.60 bits per heavy atom. The number of hydrogen-bond acceptors (Lipinski definition) is 2. The summed E-state index contributed by atoms with van der Waals surface area (Å²) >= 11 is 0. The number of aromatic amines is 2. The summed E-state index contributed by atoms with van der Waals surface area (Å²) in [5, 5.41) is 8.58. The van der Waals surface area contributed by atoms with Crippen LogP contribution in [0.1, 0.15) is 5.69 Å². The highest BCUT2D eigenvalue weighted by Crippen LogP contribution is 1.92. The third-order valence-corrected chi connectivity index (χ3v) is 1.32. The largest absolute Gasteiger partial charge is 0.395 e. The summed E-state index contributed by atoms with van der Waals surface area (Å²) in [6.45, 7) is 0.0268. The van der Waals surface area contributed by atoms with E-state index in [-0.39, 0.29) is 12.6 Å². The van der Waals surface area contributed by atoms with Crippen LogP contribution >= 0.6 is 0 Å². The summed E-state index contributed by atoms with van der Waals surface area (Å²) < 4.78 is 0. The van der Waals surface area contributed by atoms with Crippen LogP contribution in [0.15, 0.2) is 12.5 Å². The number of nitrogens with one attached hydrogen (secondary N) is 2. The molecule has 0 aliphatic carbocycles. The summed E-state index contributed by atoms with van der Waals surface area (Å²) in [5.41, 5.74) is 6.50. The van der Waals surface area contributed by atoms with Crippen molar-refractivity contribution in [2.75, 3.05) is 6.61 Å². The molecule has 4 nitrogen and oxygen atoms in total. The smallest absolute Gasteiger partial charge is 0.239 e. The van der Waals surface area contributed by atoms with Crippen molar-refractivity contribution in [3.8, 4) is 0 Å². The van der Waals surface area contributed by atoms with Gasteiger partial charge in [0.1, 0.15) is 11.9 Å². The van der Waals surface area contributed by atoms with Crippen molar-refractivity contribution in [2.24, 2.45) is 5.73 Å². The summed E-state index contributed by atoms with van der Waals surface area (Å²) in [7, 11) is 0. The van der Waals surface area contributed by atoms with E-state index in [1.807, 2.05) is 6.20 Å². The highest BCUT2D eigenvalue weighted by Gasteiger charge is 2.05. The molecule has 1 heterocycles. The van der Waals surface area contributed by atoms with Crippen LogP contribution in [0, 0.1) is 0 Å². The maximum absolute atomic E-state index is 8.58. The molecule has 56 valence electrons. The lowest BCUT2D eigenvalue weighted by molar-refractivity contribution is -0.376. The summed E-state index contributed by atoms with van der Waals surface area (Å²) in [6.07, 6.45) is 4.23. The van der Waals surface area contributed by atoms with Crippen molar-refractivity contribution >= 4 is 0 Å². The van der Waals surface area contributed by atoms with Gasteiger partial charge in [-0.1, -0.05) is 0 Å². The van der Waals surface area contributed by atoms with Crippen LogP contribution in [-0.4, -0.2) is 22.7 Å². The minimum Gasteiger partial charge on any atom is -0.395 e. The van der Waals surface area contributed by atoms with Crippen molar-refractivity contribution in [1.82, 2.24) is 4.98 Å². The average Bonchev–Trinajstić information content (AvgIpc) is 2.40. The summed E-state index contributed by atoms with van der Waals surface area (Å²) in [4.78, 5) is 5.82. The first kappa shape index (κ1) is 7.24. The van der Waals surface area contributed by atoms with Gasteiger partial charge in [-0.3, -0.25) is 4.98 Å². The van der Waals surface area contributed by atoms with Crippen LogP contribution in [-0.2, 0) is 6.42 Å². The normalized spacial score (nSPS) is 13.4. The Labute approximate surface area is 59.1 Å². The van der Waals surface area contributed by atoms with Gasteiger partial charge in [0, 0.05) is 12.5 Å². The van der Waals surface area contributed by atoms with E-state index < -0.39 is 0 Å². The number of rotatable bonds is 3. The molecule has 1 atom stereocenters. The van der Waals surface area contributed by atoms with E-state index in [1.54, 1.807) is 6.33 Å². The first-order valence-electron chi connectivity index (χ1n) is 3.22. The number of aliphatic hydroxyl groups is 1. The molecule has 10 heavy (non-hydrogen) atoms. The highest BCUT2D eigenvalue weighted by atomic mass is 16.3. The van der Waals surface area contributed by atoms with Crippen LogP contribution in [0.2, 0.25) is 0 Å². The lowest BCUT2D eigenvalue weighted by atomic mass is 10.2. The lowest BCUT2D eigenvalue weighted by Crippen LogP contribution is -2.26. The van der Waals surface area contributed by atoms with Crippen molar-refractivity contribution < 1.29 is 10.1 Å². The Hall–Kier alpha value is -0.870.